The van der Waals surface area contributed by atoms with E-state index in [4.69, 9.17) is 5.73 Å². The van der Waals surface area contributed by atoms with E-state index in [1.165, 1.54) is 12.1 Å². The first-order valence-electron chi connectivity index (χ1n) is 5.14. The standard InChI is InChI=1S/C11H14FN3O2/c1-2-14-6-10(16)15-7-3-4-9(12)8(5-7)11(13)17/h3-5,14H,2,6H2,1H3,(H2,13,17)(H,15,16). The molecule has 4 N–H and O–H groups in total. The Hall–Kier alpha value is -1.95. The zero-order valence-electron chi connectivity index (χ0n) is 9.42. The zero-order valence-corrected chi connectivity index (χ0v) is 9.42. The van der Waals surface area contributed by atoms with E-state index in [0.717, 1.165) is 6.07 Å². The molecule has 0 aliphatic rings. The number of carbonyl (C=O) groups excluding carboxylic acids is 2. The molecule has 2 amide bonds. The lowest BCUT2D eigenvalue weighted by molar-refractivity contribution is -0.115. The van der Waals surface area contributed by atoms with Gasteiger partial charge in [-0.05, 0) is 24.7 Å². The predicted octanol–water partition coefficient (Wildman–Crippen LogP) is 0.473. The van der Waals surface area contributed by atoms with Crippen molar-refractivity contribution < 1.29 is 14.0 Å². The van der Waals surface area contributed by atoms with E-state index in [0.29, 0.717) is 12.2 Å². The summed E-state index contributed by atoms with van der Waals surface area (Å²) in [5, 5.41) is 5.36. The summed E-state index contributed by atoms with van der Waals surface area (Å²) < 4.78 is 13.1. The van der Waals surface area contributed by atoms with Crippen molar-refractivity contribution in [3.8, 4) is 0 Å². The van der Waals surface area contributed by atoms with Gasteiger partial charge in [-0.15, -0.1) is 0 Å². The molecule has 0 fully saturated rings. The van der Waals surface area contributed by atoms with Gasteiger partial charge in [0, 0.05) is 5.69 Å². The highest BCUT2D eigenvalue weighted by atomic mass is 19.1. The Morgan fingerprint density at radius 1 is 1.41 bits per heavy atom. The van der Waals surface area contributed by atoms with Crippen molar-refractivity contribution in [1.82, 2.24) is 5.32 Å². The maximum Gasteiger partial charge on any atom is 0.251 e. The van der Waals surface area contributed by atoms with Crippen LogP contribution in [0.4, 0.5) is 10.1 Å². The van der Waals surface area contributed by atoms with Crippen molar-refractivity contribution in [1.29, 1.82) is 0 Å². The van der Waals surface area contributed by atoms with Crippen LogP contribution in [0, 0.1) is 5.82 Å². The Morgan fingerprint density at radius 2 is 2.12 bits per heavy atom. The maximum atomic E-state index is 13.1. The minimum Gasteiger partial charge on any atom is -0.366 e. The molecule has 6 heteroatoms. The third-order valence-electron chi connectivity index (χ3n) is 2.05. The molecule has 0 atom stereocenters. The average molecular weight is 239 g/mol. The van der Waals surface area contributed by atoms with Crippen LogP contribution in [0.5, 0.6) is 0 Å². The summed E-state index contributed by atoms with van der Waals surface area (Å²) in [6.07, 6.45) is 0. The van der Waals surface area contributed by atoms with Crippen molar-refractivity contribution >= 4 is 17.5 Å². The highest BCUT2D eigenvalue weighted by Crippen LogP contribution is 2.14. The predicted molar refractivity (Wildman–Crippen MR) is 62.1 cm³/mol. The van der Waals surface area contributed by atoms with Gasteiger partial charge in [-0.2, -0.15) is 0 Å². The third-order valence-corrected chi connectivity index (χ3v) is 2.05. The highest BCUT2D eigenvalue weighted by Gasteiger charge is 2.10. The Labute approximate surface area is 98.2 Å². The summed E-state index contributed by atoms with van der Waals surface area (Å²) in [5.41, 5.74) is 5.08. The third kappa shape index (κ3) is 3.84. The topological polar surface area (TPSA) is 84.2 Å². The van der Waals surface area contributed by atoms with Gasteiger partial charge in [0.05, 0.1) is 12.1 Å². The van der Waals surface area contributed by atoms with E-state index in [1.54, 1.807) is 0 Å². The lowest BCUT2D eigenvalue weighted by atomic mass is 10.2. The van der Waals surface area contributed by atoms with Crippen LogP contribution in [0.3, 0.4) is 0 Å². The molecule has 0 spiro atoms. The average Bonchev–Trinajstić information content (AvgIpc) is 2.28. The number of halogens is 1. The lowest BCUT2D eigenvalue weighted by Gasteiger charge is -2.07. The van der Waals surface area contributed by atoms with Crippen molar-refractivity contribution in [3.05, 3.63) is 29.6 Å². The second kappa shape index (κ2) is 5.95. The number of hydrogen-bond acceptors (Lipinski definition) is 3. The van der Waals surface area contributed by atoms with Crippen LogP contribution in [0.2, 0.25) is 0 Å². The number of likely N-dealkylation sites (N-methyl/N-ethyl adjacent to an activating group) is 1. The molecule has 0 radical (unpaired) electrons. The summed E-state index contributed by atoms with van der Waals surface area (Å²) in [5.74, 6) is -1.85. The first kappa shape index (κ1) is 13.1. The van der Waals surface area contributed by atoms with Gasteiger partial charge in [-0.3, -0.25) is 9.59 Å². The van der Waals surface area contributed by atoms with E-state index < -0.39 is 11.7 Å². The minimum atomic E-state index is -0.870. The normalized spacial score (nSPS) is 10.0. The van der Waals surface area contributed by atoms with E-state index in [2.05, 4.69) is 10.6 Å². The largest absolute Gasteiger partial charge is 0.366 e. The van der Waals surface area contributed by atoms with Crippen molar-refractivity contribution in [2.75, 3.05) is 18.4 Å². The first-order chi connectivity index (χ1) is 8.04. The molecule has 1 aromatic carbocycles. The Morgan fingerprint density at radius 3 is 2.71 bits per heavy atom. The van der Waals surface area contributed by atoms with Crippen molar-refractivity contribution in [3.63, 3.8) is 0 Å². The number of hydrogen-bond donors (Lipinski definition) is 3. The molecule has 5 nitrogen and oxygen atoms in total. The summed E-state index contributed by atoms with van der Waals surface area (Å²) in [6.45, 7) is 2.69. The Bertz CT molecular complexity index is 435. The molecule has 1 rings (SSSR count). The number of nitrogens with two attached hydrogens (primary N) is 1. The van der Waals surface area contributed by atoms with E-state index in [-0.39, 0.29) is 18.0 Å². The molecule has 0 aliphatic heterocycles. The molecule has 0 aromatic heterocycles. The molecule has 0 unspecified atom stereocenters. The summed E-state index contributed by atoms with van der Waals surface area (Å²) in [4.78, 5) is 22.2. The quantitative estimate of drug-likeness (QED) is 0.698. The van der Waals surface area contributed by atoms with Gasteiger partial charge in [0.25, 0.3) is 5.91 Å². The second-order valence-corrected chi connectivity index (χ2v) is 3.39. The van der Waals surface area contributed by atoms with Crippen LogP contribution >= 0.6 is 0 Å². The molecule has 0 heterocycles. The number of benzene rings is 1. The number of amides is 2. The summed E-state index contributed by atoms with van der Waals surface area (Å²) in [6, 6.07) is 3.66. The molecule has 0 saturated carbocycles. The van der Waals surface area contributed by atoms with Gasteiger partial charge in [-0.25, -0.2) is 4.39 Å². The van der Waals surface area contributed by atoms with Gasteiger partial charge >= 0.3 is 0 Å². The van der Waals surface area contributed by atoms with Gasteiger partial charge in [0.15, 0.2) is 0 Å². The minimum absolute atomic E-state index is 0.153. The summed E-state index contributed by atoms with van der Waals surface area (Å²) >= 11 is 0. The van der Waals surface area contributed by atoms with Crippen LogP contribution in [-0.2, 0) is 4.79 Å². The summed E-state index contributed by atoms with van der Waals surface area (Å²) in [7, 11) is 0. The maximum absolute atomic E-state index is 13.1. The number of nitrogens with one attached hydrogen (secondary N) is 2. The SMILES string of the molecule is CCNCC(=O)Nc1ccc(F)c(C(N)=O)c1. The number of anilines is 1. The van der Waals surface area contributed by atoms with Crippen LogP contribution in [0.15, 0.2) is 18.2 Å². The first-order valence-corrected chi connectivity index (χ1v) is 5.14. The number of rotatable bonds is 5. The van der Waals surface area contributed by atoms with E-state index >= 15 is 0 Å². The Balaban J connectivity index is 2.75. The van der Waals surface area contributed by atoms with E-state index in [1.807, 2.05) is 6.92 Å². The fourth-order valence-corrected chi connectivity index (χ4v) is 1.24. The zero-order chi connectivity index (χ0) is 12.8. The fourth-order valence-electron chi connectivity index (χ4n) is 1.24. The number of carbonyl (C=O) groups is 2. The molecule has 92 valence electrons. The molecule has 0 aliphatic carbocycles. The second-order valence-electron chi connectivity index (χ2n) is 3.39. The molecule has 0 saturated heterocycles. The molecule has 17 heavy (non-hydrogen) atoms. The fraction of sp³-hybridized carbons (Fsp3) is 0.273. The van der Waals surface area contributed by atoms with E-state index in [9.17, 15) is 14.0 Å². The molecule has 1 aromatic rings. The monoisotopic (exact) mass is 239 g/mol. The van der Waals surface area contributed by atoms with Crippen molar-refractivity contribution in [2.24, 2.45) is 5.73 Å². The van der Waals surface area contributed by atoms with Gasteiger partial charge in [-0.1, -0.05) is 6.92 Å². The van der Waals surface area contributed by atoms with Crippen LogP contribution in [-0.4, -0.2) is 24.9 Å². The van der Waals surface area contributed by atoms with Crippen LogP contribution in [0.1, 0.15) is 17.3 Å². The lowest BCUT2D eigenvalue weighted by Crippen LogP contribution is -2.27. The van der Waals surface area contributed by atoms with Crippen LogP contribution < -0.4 is 16.4 Å². The van der Waals surface area contributed by atoms with Crippen molar-refractivity contribution in [2.45, 2.75) is 6.92 Å². The smallest absolute Gasteiger partial charge is 0.251 e. The molecule has 0 bridgehead atoms. The van der Waals surface area contributed by atoms with Gasteiger partial charge < -0.3 is 16.4 Å². The highest BCUT2D eigenvalue weighted by molar-refractivity contribution is 5.97. The Kier molecular flexibility index (Phi) is 4.59. The number of primary amides is 1. The van der Waals surface area contributed by atoms with Gasteiger partial charge in [0.2, 0.25) is 5.91 Å². The molecular weight excluding hydrogens is 225 g/mol. The van der Waals surface area contributed by atoms with Gasteiger partial charge in [0.1, 0.15) is 5.82 Å². The molecular formula is C11H14FN3O2. The van der Waals surface area contributed by atoms with Crippen LogP contribution in [0.25, 0.3) is 0 Å².